The fourth-order valence-corrected chi connectivity index (χ4v) is 2.28. The average Bonchev–Trinajstić information content (AvgIpc) is 2.46. The molecule has 0 saturated heterocycles. The Morgan fingerprint density at radius 1 is 0.556 bits per heavy atom. The van der Waals surface area contributed by atoms with Crippen molar-refractivity contribution in [1.82, 2.24) is 14.7 Å². The highest BCUT2D eigenvalue weighted by Crippen LogP contribution is 1.98. The van der Waals surface area contributed by atoms with E-state index in [1.807, 2.05) is 0 Å². The third kappa shape index (κ3) is 14.5. The third-order valence-corrected chi connectivity index (χ3v) is 3.32. The molecular formula is C14H25N3O10. The van der Waals surface area contributed by atoms with E-state index in [2.05, 4.69) is 0 Å². The Morgan fingerprint density at radius 3 is 1.04 bits per heavy atom. The summed E-state index contributed by atoms with van der Waals surface area (Å²) in [6, 6.07) is 0. The lowest BCUT2D eigenvalue weighted by molar-refractivity contribution is -0.143. The molecular weight excluding hydrogens is 370 g/mol. The minimum absolute atomic E-state index is 0.0107. The predicted molar refractivity (Wildman–Crippen MR) is 88.1 cm³/mol. The van der Waals surface area contributed by atoms with Crippen molar-refractivity contribution in [2.45, 2.75) is 6.29 Å². The van der Waals surface area contributed by atoms with Crippen LogP contribution in [0.2, 0.25) is 0 Å². The van der Waals surface area contributed by atoms with Crippen molar-refractivity contribution in [3.63, 3.8) is 0 Å². The molecule has 0 amide bonds. The van der Waals surface area contributed by atoms with E-state index in [9.17, 15) is 19.2 Å². The molecule has 0 saturated carbocycles. The van der Waals surface area contributed by atoms with Crippen molar-refractivity contribution in [3.05, 3.63) is 0 Å². The molecule has 0 aliphatic heterocycles. The maximum Gasteiger partial charge on any atom is 0.317 e. The number of nitrogens with zero attached hydrogens (tertiary/aromatic N) is 3. The standard InChI is InChI=1S/C14H25N3O10/c18-10(19)5-15(1-3-16(6-11(20)21)7-12(22)23)2-4-17(8-13(24)25)9-14(26)27/h10,18-19H,1-9H2,(H,20,21)(H,22,23)(H,24,25)(H,26,27). The molecule has 0 rings (SSSR count). The van der Waals surface area contributed by atoms with Crippen LogP contribution in [0.25, 0.3) is 0 Å². The van der Waals surface area contributed by atoms with E-state index in [0.29, 0.717) is 0 Å². The van der Waals surface area contributed by atoms with Gasteiger partial charge in [0, 0.05) is 32.7 Å². The van der Waals surface area contributed by atoms with Gasteiger partial charge in [0.2, 0.25) is 0 Å². The summed E-state index contributed by atoms with van der Waals surface area (Å²) in [5.74, 6) is -4.89. The fraction of sp³-hybridized carbons (Fsp3) is 0.714. The highest BCUT2D eigenvalue weighted by atomic mass is 16.5. The molecule has 0 unspecified atom stereocenters. The van der Waals surface area contributed by atoms with Crippen LogP contribution in [0.3, 0.4) is 0 Å². The Bertz CT molecular complexity index is 441. The van der Waals surface area contributed by atoms with Crippen LogP contribution < -0.4 is 0 Å². The van der Waals surface area contributed by atoms with Crippen molar-refractivity contribution >= 4 is 23.9 Å². The van der Waals surface area contributed by atoms with E-state index < -0.39 is 56.3 Å². The van der Waals surface area contributed by atoms with Crippen LogP contribution in [0, 0.1) is 0 Å². The van der Waals surface area contributed by atoms with Crippen LogP contribution in [-0.4, -0.2) is 134 Å². The first-order valence-corrected chi connectivity index (χ1v) is 7.90. The molecule has 0 spiro atoms. The Balaban J connectivity index is 4.82. The van der Waals surface area contributed by atoms with Gasteiger partial charge in [-0.25, -0.2) is 0 Å². The lowest BCUT2D eigenvalue weighted by atomic mass is 10.3. The second kappa shape index (κ2) is 12.9. The molecule has 6 N–H and O–H groups in total. The van der Waals surface area contributed by atoms with Gasteiger partial charge in [-0.2, -0.15) is 0 Å². The largest absolute Gasteiger partial charge is 0.480 e. The Morgan fingerprint density at radius 2 is 0.815 bits per heavy atom. The van der Waals surface area contributed by atoms with Crippen molar-refractivity contribution in [2.75, 3.05) is 58.9 Å². The molecule has 0 heterocycles. The molecule has 0 atom stereocenters. The monoisotopic (exact) mass is 395 g/mol. The van der Waals surface area contributed by atoms with E-state index in [-0.39, 0.29) is 32.7 Å². The highest BCUT2D eigenvalue weighted by Gasteiger charge is 2.19. The molecule has 0 aliphatic carbocycles. The van der Waals surface area contributed by atoms with Crippen molar-refractivity contribution in [1.29, 1.82) is 0 Å². The highest BCUT2D eigenvalue weighted by molar-refractivity contribution is 5.73. The zero-order valence-electron chi connectivity index (χ0n) is 14.6. The SMILES string of the molecule is O=C(O)CN(CCN(CCN(CC(=O)O)CC(=O)O)CC(O)O)CC(=O)O. The van der Waals surface area contributed by atoms with E-state index in [1.54, 1.807) is 0 Å². The first kappa shape index (κ1) is 24.7. The van der Waals surface area contributed by atoms with Gasteiger partial charge in [0.25, 0.3) is 0 Å². The molecule has 0 aromatic rings. The molecule has 0 radical (unpaired) electrons. The molecule has 0 aromatic carbocycles. The molecule has 0 bridgehead atoms. The number of carbonyl (C=O) groups is 4. The summed E-state index contributed by atoms with van der Waals surface area (Å²) < 4.78 is 0. The van der Waals surface area contributed by atoms with Crippen molar-refractivity contribution in [3.8, 4) is 0 Å². The van der Waals surface area contributed by atoms with Crippen LogP contribution in [0.1, 0.15) is 0 Å². The topological polar surface area (TPSA) is 199 Å². The number of aliphatic carboxylic acids is 4. The van der Waals surface area contributed by atoms with Gasteiger partial charge < -0.3 is 30.6 Å². The normalized spacial score (nSPS) is 11.5. The second-order valence-electron chi connectivity index (χ2n) is 5.78. The minimum atomic E-state index is -1.73. The zero-order valence-corrected chi connectivity index (χ0v) is 14.6. The van der Waals surface area contributed by atoms with Gasteiger partial charge in [-0.1, -0.05) is 0 Å². The van der Waals surface area contributed by atoms with Gasteiger partial charge in [-0.15, -0.1) is 0 Å². The second-order valence-corrected chi connectivity index (χ2v) is 5.78. The van der Waals surface area contributed by atoms with Crippen LogP contribution in [0.4, 0.5) is 0 Å². The summed E-state index contributed by atoms with van der Waals surface area (Å²) in [5.41, 5.74) is 0. The number of hydrogen-bond acceptors (Lipinski definition) is 9. The van der Waals surface area contributed by atoms with Crippen molar-refractivity contribution < 1.29 is 49.8 Å². The predicted octanol–water partition coefficient (Wildman–Crippen LogP) is -3.46. The molecule has 156 valence electrons. The molecule has 27 heavy (non-hydrogen) atoms. The number of aliphatic hydroxyl groups excluding tert-OH is 1. The van der Waals surface area contributed by atoms with Gasteiger partial charge in [-0.05, 0) is 0 Å². The lowest BCUT2D eigenvalue weighted by Crippen LogP contribution is -2.46. The maximum absolute atomic E-state index is 10.8. The van der Waals surface area contributed by atoms with E-state index in [4.69, 9.17) is 30.6 Å². The summed E-state index contributed by atoms with van der Waals surface area (Å²) in [6.07, 6.45) is -1.73. The van der Waals surface area contributed by atoms with Crippen LogP contribution in [-0.2, 0) is 19.2 Å². The average molecular weight is 395 g/mol. The Labute approximate surface area is 154 Å². The molecule has 0 fully saturated rings. The maximum atomic E-state index is 10.8. The first-order chi connectivity index (χ1) is 12.5. The number of aliphatic hydroxyl groups is 2. The van der Waals surface area contributed by atoms with Crippen LogP contribution >= 0.6 is 0 Å². The number of hydrogen-bond donors (Lipinski definition) is 6. The van der Waals surface area contributed by atoms with Crippen molar-refractivity contribution in [2.24, 2.45) is 0 Å². The summed E-state index contributed by atoms with van der Waals surface area (Å²) in [6.45, 7) is -2.25. The summed E-state index contributed by atoms with van der Waals surface area (Å²) in [5, 5.41) is 53.5. The fourth-order valence-electron chi connectivity index (χ4n) is 2.28. The number of carboxylic acid groups (broad SMARTS) is 4. The van der Waals surface area contributed by atoms with Crippen LogP contribution in [0.15, 0.2) is 0 Å². The molecule has 0 aromatic heterocycles. The van der Waals surface area contributed by atoms with Gasteiger partial charge in [0.05, 0.1) is 26.2 Å². The third-order valence-electron chi connectivity index (χ3n) is 3.32. The van der Waals surface area contributed by atoms with Gasteiger partial charge >= 0.3 is 23.9 Å². The molecule has 13 heteroatoms. The summed E-state index contributed by atoms with van der Waals surface area (Å²) in [7, 11) is 0. The van der Waals surface area contributed by atoms with Gasteiger partial charge in [-0.3, -0.25) is 33.9 Å². The Hall–Kier alpha value is -2.32. The molecule has 13 nitrogen and oxygen atoms in total. The Kier molecular flexibility index (Phi) is 11.8. The lowest BCUT2D eigenvalue weighted by Gasteiger charge is -2.28. The first-order valence-electron chi connectivity index (χ1n) is 7.90. The molecule has 0 aliphatic rings. The van der Waals surface area contributed by atoms with E-state index in [0.717, 1.165) is 9.80 Å². The van der Waals surface area contributed by atoms with Crippen LogP contribution in [0.5, 0.6) is 0 Å². The van der Waals surface area contributed by atoms with Gasteiger partial charge in [0.15, 0.2) is 6.29 Å². The smallest absolute Gasteiger partial charge is 0.317 e. The number of carboxylic acids is 4. The summed E-state index contributed by atoms with van der Waals surface area (Å²) in [4.78, 5) is 46.9. The number of rotatable bonds is 16. The quantitative estimate of drug-likeness (QED) is 0.141. The van der Waals surface area contributed by atoms with Gasteiger partial charge in [0.1, 0.15) is 0 Å². The van der Waals surface area contributed by atoms with E-state index >= 15 is 0 Å². The summed E-state index contributed by atoms with van der Waals surface area (Å²) >= 11 is 0. The minimum Gasteiger partial charge on any atom is -0.480 e. The zero-order chi connectivity index (χ0) is 21.0. The van der Waals surface area contributed by atoms with E-state index in [1.165, 1.54) is 4.90 Å².